The van der Waals surface area contributed by atoms with Crippen LogP contribution in [0, 0.1) is 0 Å². The predicted octanol–water partition coefficient (Wildman–Crippen LogP) is 59.0. The summed E-state index contributed by atoms with van der Waals surface area (Å²) in [5.41, 5.74) is 0. The molecular formula is I71-. The summed E-state index contributed by atoms with van der Waals surface area (Å²) in [6.45, 7) is 0. The topological polar surface area (TPSA) is 0 Å². The van der Waals surface area contributed by atoms with Gasteiger partial charge in [-0.05, 0) is 0 Å². The SMILES string of the molecule is I[I-]I(I)I(I)I(I)I(I)I(I)I(I)I(I)I(I)I(I)I(I)I(I)I(I)I(I)I(I)I(I)I(I)I(I)I(I)I(I)I(I)I(I)I(I)I(I)I(I)I(I)I(I)I(I)I(I)I(I)I(I)I(I)I(I)I(I)I(I)I. The van der Waals surface area contributed by atoms with E-state index in [1.165, 1.54) is 0 Å². The van der Waals surface area contributed by atoms with Crippen LogP contribution in [-0.4, -0.2) is 0 Å². The molecule has 0 aromatic heterocycles. The molecule has 0 radical (unpaired) electrons. The summed E-state index contributed by atoms with van der Waals surface area (Å²) in [6, 6.07) is 0. The third-order valence-corrected chi connectivity index (χ3v) is 5540. The van der Waals surface area contributed by atoms with Crippen LogP contribution in [0.4, 0.5) is 0 Å². The number of halogens is 71. The summed E-state index contributed by atoms with van der Waals surface area (Å²) in [6.07, 6.45) is 0. The fraction of sp³-hybridized carbons (Fsp3) is 0. The Bertz CT molecular complexity index is 1380. The third-order valence-electron chi connectivity index (χ3n) is 2.73. The van der Waals surface area contributed by atoms with Gasteiger partial charge in [-0.1, -0.05) is 0 Å². The number of rotatable bonds is 34. The molecule has 0 heterocycles. The second-order valence-corrected chi connectivity index (χ2v) is 1680. The molecule has 0 saturated heterocycles. The molecule has 71 heavy (non-hydrogen) atoms. The first-order valence-electron chi connectivity index (χ1n) is 10.0. The average Bonchev–Trinajstić information content (AvgIpc) is 3.37. The Hall–Kier alpha value is 51.8. The van der Waals surface area contributed by atoms with E-state index in [4.69, 9.17) is 0 Å². The first-order valence-corrected chi connectivity index (χ1v) is 450. The van der Waals surface area contributed by atoms with E-state index >= 15 is 0 Å². The molecule has 0 aliphatic carbocycles. The molecule has 0 rings (SSSR count). The molecule has 0 saturated carbocycles. The first kappa shape index (κ1) is 123. The van der Waals surface area contributed by atoms with E-state index in [1.807, 2.05) is 0 Å². The van der Waals surface area contributed by atoms with Crippen molar-refractivity contribution in [2.75, 3.05) is 0 Å². The molecule has 71 heteroatoms. The van der Waals surface area contributed by atoms with Crippen molar-refractivity contribution < 1.29 is 13.3 Å². The van der Waals surface area contributed by atoms with Gasteiger partial charge in [-0.15, -0.1) is 0 Å². The van der Waals surface area contributed by atoms with Gasteiger partial charge in [0.1, 0.15) is 0 Å². The first-order chi connectivity index (χ1) is 32.3. The van der Waals surface area contributed by atoms with Gasteiger partial charge < -0.3 is 0 Å². The van der Waals surface area contributed by atoms with Crippen molar-refractivity contribution in [2.24, 2.45) is 0 Å². The van der Waals surface area contributed by atoms with Gasteiger partial charge in [-0.3, -0.25) is 0 Å². The van der Waals surface area contributed by atoms with E-state index in [2.05, 4.69) is 670 Å². The van der Waals surface area contributed by atoms with E-state index in [1.54, 1.807) is 0 Å². The third kappa shape index (κ3) is 50.7. The molecule has 0 fully saturated rings. The molecule has 0 aliphatic heterocycles. The van der Waals surface area contributed by atoms with Crippen molar-refractivity contribution in [1.82, 2.24) is 0 Å². The van der Waals surface area contributed by atoms with Gasteiger partial charge in [0, 0.05) is 0 Å². The molecule has 0 N–H and O–H groups in total. The Morgan fingerprint density at radius 3 is 0.296 bits per heavy atom. The maximum atomic E-state index is 3.44. The maximum absolute atomic E-state index is 3.44. The van der Waals surface area contributed by atoms with E-state index in [-0.39, 0.29) is 0 Å². The van der Waals surface area contributed by atoms with Gasteiger partial charge in [0.25, 0.3) is 0 Å². The van der Waals surface area contributed by atoms with Crippen LogP contribution >= 0.6 is 939 Å². The van der Waals surface area contributed by atoms with Crippen LogP contribution in [0.5, 0.6) is 0 Å². The Balaban J connectivity index is 5.75. The van der Waals surface area contributed by atoms with Crippen LogP contribution in [0.15, 0.2) is 0 Å². The normalized spacial score (nSPS) is 19.0. The van der Waals surface area contributed by atoms with Gasteiger partial charge in [0.2, 0.25) is 0 Å². The summed E-state index contributed by atoms with van der Waals surface area (Å²) in [7, 11) is -19.4. The molecule has 0 nitrogen and oxygen atoms in total. The Morgan fingerprint density at radius 1 is 0.127 bits per heavy atom. The zero-order valence-corrected chi connectivity index (χ0v) is 180. The summed E-state index contributed by atoms with van der Waals surface area (Å²) in [5.74, 6) is 0. The Kier molecular flexibility index (Phi) is 128. The van der Waals surface area contributed by atoms with Gasteiger partial charge in [-0.25, -0.2) is 0 Å². The summed E-state index contributed by atoms with van der Waals surface area (Å²) >= 11 is 121. The van der Waals surface area contributed by atoms with Crippen LogP contribution in [0.25, 0.3) is 0 Å². The second kappa shape index (κ2) is 74.2. The standard InChI is InChI=1S/I71/c1-37-39(4)41(6)43(8)45(10)47(12)49(14)51(16)53(18)55(20)57(22)59(24)61(26)63(28)65(30)67(32)69(34)71(36)70(35)68(33)66(31)64(29)62(27)60(25)58(23)56(21)54(19)52(17)50(15)48(13)46(11)44(9)42(7)40(5)38(2)3/q-1. The van der Waals surface area contributed by atoms with Gasteiger partial charge >= 0.3 is 952 Å². The van der Waals surface area contributed by atoms with Crippen molar-refractivity contribution in [2.45, 2.75) is 0 Å². The molecule has 498 valence electrons. The molecule has 0 bridgehead atoms. The van der Waals surface area contributed by atoms with E-state index in [0.29, 0.717) is 13.3 Å². The fourth-order valence-electron chi connectivity index (χ4n) is 1.00. The van der Waals surface area contributed by atoms with Crippen LogP contribution in [-0.2, 0) is 0 Å². The average molecular weight is 9010 g/mol. The van der Waals surface area contributed by atoms with Crippen molar-refractivity contribution in [3.8, 4) is 0 Å². The summed E-state index contributed by atoms with van der Waals surface area (Å²) in [4.78, 5) is 0. The van der Waals surface area contributed by atoms with Gasteiger partial charge in [-0.2, -0.15) is 0 Å². The van der Waals surface area contributed by atoms with E-state index in [9.17, 15) is 0 Å². The molecule has 0 aromatic carbocycles. The number of hydrogen-bond donors (Lipinski definition) is 0. The van der Waals surface area contributed by atoms with Crippen LogP contribution in [0.1, 0.15) is 0 Å². The van der Waals surface area contributed by atoms with Crippen LogP contribution in [0.3, 0.4) is 0 Å². The minimum absolute atomic E-state index is 0.412. The van der Waals surface area contributed by atoms with Crippen molar-refractivity contribution in [1.29, 1.82) is 0 Å². The zero-order valence-electron chi connectivity index (χ0n) is 26.8. The Morgan fingerprint density at radius 2 is 0.211 bits per heavy atom. The van der Waals surface area contributed by atoms with Crippen molar-refractivity contribution >= 4 is 939 Å². The van der Waals surface area contributed by atoms with Crippen LogP contribution in [0.2, 0.25) is 0 Å². The van der Waals surface area contributed by atoms with Gasteiger partial charge in [0.05, 0.1) is 0 Å². The zero-order chi connectivity index (χ0) is 56.3. The summed E-state index contributed by atoms with van der Waals surface area (Å²) < 4.78 is 0. The predicted molar refractivity (Wildman–Crippen MR) is 981 cm³/mol. The quantitative estimate of drug-likeness (QED) is 0.0564. The van der Waals surface area contributed by atoms with E-state index in [0.717, 1.165) is 0 Å². The molecule has 0 atom stereocenters. The fourth-order valence-corrected chi connectivity index (χ4v) is 13600. The summed E-state index contributed by atoms with van der Waals surface area (Å²) in [5, 5.41) is 0. The van der Waals surface area contributed by atoms with E-state index < -0.39 is 268 Å². The molecule has 0 spiro atoms. The number of hydrogen-bond acceptors (Lipinski definition) is 0. The molecule has 0 unspecified atom stereocenters. The van der Waals surface area contributed by atoms with Crippen LogP contribution < -0.4 is 13.3 Å². The van der Waals surface area contributed by atoms with Gasteiger partial charge in [0.15, 0.2) is 0 Å². The molecule has 0 amide bonds. The monoisotopic (exact) mass is 9010 g/mol. The Labute approximate surface area is 894 Å². The molecular weight excluding hydrogens is 9010 g/mol. The van der Waals surface area contributed by atoms with Crippen molar-refractivity contribution in [3.63, 3.8) is 0 Å². The minimum atomic E-state index is -0.623. The molecule has 0 aliphatic rings. The second-order valence-electron chi connectivity index (χ2n) is 5.56. The molecule has 0 aromatic rings. The van der Waals surface area contributed by atoms with Crippen molar-refractivity contribution in [3.05, 3.63) is 0 Å².